The minimum absolute atomic E-state index is 0.187. The highest BCUT2D eigenvalue weighted by Gasteiger charge is 2.20. The lowest BCUT2D eigenvalue weighted by molar-refractivity contribution is -0.118. The molecular weight excluding hydrogens is 330 g/mol. The molecule has 0 unspecified atom stereocenters. The van der Waals surface area contributed by atoms with Gasteiger partial charge in [0.05, 0.1) is 0 Å². The zero-order valence-corrected chi connectivity index (χ0v) is 13.4. The summed E-state index contributed by atoms with van der Waals surface area (Å²) < 4.78 is 1.01. The Morgan fingerprint density at radius 1 is 1.29 bits per heavy atom. The molecule has 21 heavy (non-hydrogen) atoms. The minimum Gasteiger partial charge on any atom is -0.366 e. The maximum Gasteiger partial charge on any atom is 0.227 e. The molecule has 0 radical (unpaired) electrons. The number of nitrogens with one attached hydrogen (secondary N) is 1. The Morgan fingerprint density at radius 2 is 2.14 bits per heavy atom. The first kappa shape index (κ1) is 14.1. The van der Waals surface area contributed by atoms with Gasteiger partial charge in [0.1, 0.15) is 5.82 Å². The zero-order chi connectivity index (χ0) is 14.8. The van der Waals surface area contributed by atoms with E-state index in [2.05, 4.69) is 38.4 Å². The second-order valence-corrected chi connectivity index (χ2v) is 6.04. The van der Waals surface area contributed by atoms with Crippen LogP contribution in [-0.2, 0) is 17.8 Å². The van der Waals surface area contributed by atoms with Gasteiger partial charge < -0.3 is 10.2 Å². The van der Waals surface area contributed by atoms with Gasteiger partial charge in [-0.15, -0.1) is 0 Å². The highest BCUT2D eigenvalue weighted by molar-refractivity contribution is 9.10. The van der Waals surface area contributed by atoms with Crippen molar-refractivity contribution < 1.29 is 4.79 Å². The van der Waals surface area contributed by atoms with Crippen molar-refractivity contribution in [3.8, 4) is 0 Å². The van der Waals surface area contributed by atoms with Crippen LogP contribution in [0.2, 0.25) is 0 Å². The Bertz CT molecular complexity index is 687. The maximum absolute atomic E-state index is 11.7. The monoisotopic (exact) mass is 345 g/mol. The summed E-state index contributed by atoms with van der Waals surface area (Å²) in [6, 6.07) is 10.1. The van der Waals surface area contributed by atoms with E-state index in [0.29, 0.717) is 13.0 Å². The molecule has 0 aliphatic carbocycles. The van der Waals surface area contributed by atoms with Gasteiger partial charge in [-0.3, -0.25) is 4.79 Å². The summed E-state index contributed by atoms with van der Waals surface area (Å²) in [5, 5.41) is 3.31. The topological polar surface area (TPSA) is 45.2 Å². The molecule has 108 valence electrons. The molecule has 4 nitrogen and oxygen atoms in total. The fraction of sp³-hybridized carbons (Fsp3) is 0.250. The van der Waals surface area contributed by atoms with Crippen molar-refractivity contribution in [1.29, 1.82) is 0 Å². The molecule has 0 spiro atoms. The molecule has 3 rings (SSSR count). The molecule has 0 saturated heterocycles. The molecule has 0 bridgehead atoms. The third kappa shape index (κ3) is 3.08. The summed E-state index contributed by atoms with van der Waals surface area (Å²) in [6.45, 7) is 0.717. The lowest BCUT2D eigenvalue weighted by atomic mass is 9.99. The predicted molar refractivity (Wildman–Crippen MR) is 87.4 cm³/mol. The second-order valence-electron chi connectivity index (χ2n) is 5.13. The number of amides is 1. The fourth-order valence-electron chi connectivity index (χ4n) is 2.51. The lowest BCUT2D eigenvalue weighted by Crippen LogP contribution is -2.31. The standard InChI is InChI=1S/C16H16BrN3O/c1-20-14-4-2-11(8-12(14)3-5-16(20)21)10-19-15-9-13(17)6-7-18-15/h2,4,6-9H,3,5,10H2,1H3,(H,18,19). The average Bonchev–Trinajstić information content (AvgIpc) is 2.49. The molecular formula is C16H16BrN3O. The molecule has 0 fully saturated rings. The van der Waals surface area contributed by atoms with Crippen LogP contribution in [0, 0.1) is 0 Å². The van der Waals surface area contributed by atoms with E-state index in [1.165, 1.54) is 11.1 Å². The van der Waals surface area contributed by atoms with Crippen molar-refractivity contribution in [3.63, 3.8) is 0 Å². The first-order chi connectivity index (χ1) is 10.1. The fourth-order valence-corrected chi connectivity index (χ4v) is 2.85. The van der Waals surface area contributed by atoms with Crippen molar-refractivity contribution in [2.75, 3.05) is 17.3 Å². The van der Waals surface area contributed by atoms with Crippen molar-refractivity contribution in [2.45, 2.75) is 19.4 Å². The van der Waals surface area contributed by atoms with Crippen molar-refractivity contribution in [2.24, 2.45) is 0 Å². The highest BCUT2D eigenvalue weighted by atomic mass is 79.9. The van der Waals surface area contributed by atoms with Gasteiger partial charge in [0.25, 0.3) is 0 Å². The molecule has 1 N–H and O–H groups in total. The molecule has 1 aliphatic heterocycles. The quantitative estimate of drug-likeness (QED) is 0.927. The van der Waals surface area contributed by atoms with Crippen molar-refractivity contribution in [1.82, 2.24) is 4.98 Å². The van der Waals surface area contributed by atoms with E-state index in [0.717, 1.165) is 22.4 Å². The summed E-state index contributed by atoms with van der Waals surface area (Å²) in [5.41, 5.74) is 3.45. The Kier molecular flexibility index (Phi) is 3.92. The van der Waals surface area contributed by atoms with Crippen LogP contribution in [0.25, 0.3) is 0 Å². The number of nitrogens with zero attached hydrogens (tertiary/aromatic N) is 2. The first-order valence-electron chi connectivity index (χ1n) is 6.87. The van der Waals surface area contributed by atoms with E-state index in [4.69, 9.17) is 0 Å². The number of fused-ring (bicyclic) bond motifs is 1. The van der Waals surface area contributed by atoms with Crippen molar-refractivity contribution in [3.05, 3.63) is 52.1 Å². The van der Waals surface area contributed by atoms with Crippen LogP contribution in [-0.4, -0.2) is 17.9 Å². The zero-order valence-electron chi connectivity index (χ0n) is 11.8. The molecule has 1 amide bonds. The number of carbonyl (C=O) groups excluding carboxylic acids is 1. The van der Waals surface area contributed by atoms with E-state index in [1.54, 1.807) is 11.1 Å². The SMILES string of the molecule is CN1C(=O)CCc2cc(CNc3cc(Br)ccn3)ccc21. The number of pyridine rings is 1. The van der Waals surface area contributed by atoms with Crippen LogP contribution in [0.5, 0.6) is 0 Å². The third-order valence-electron chi connectivity index (χ3n) is 3.68. The smallest absolute Gasteiger partial charge is 0.227 e. The van der Waals surface area contributed by atoms with E-state index in [1.807, 2.05) is 25.2 Å². The first-order valence-corrected chi connectivity index (χ1v) is 7.66. The van der Waals surface area contributed by atoms with E-state index < -0.39 is 0 Å². The van der Waals surface area contributed by atoms with E-state index >= 15 is 0 Å². The Labute approximate surface area is 132 Å². The third-order valence-corrected chi connectivity index (χ3v) is 4.18. The van der Waals surface area contributed by atoms with E-state index in [-0.39, 0.29) is 5.91 Å². The minimum atomic E-state index is 0.187. The van der Waals surface area contributed by atoms with Crippen LogP contribution >= 0.6 is 15.9 Å². The number of hydrogen-bond donors (Lipinski definition) is 1. The summed E-state index contributed by atoms with van der Waals surface area (Å²) >= 11 is 3.43. The molecule has 2 heterocycles. The normalized spacial score (nSPS) is 14.0. The van der Waals surface area contributed by atoms with Crippen LogP contribution in [0.1, 0.15) is 17.5 Å². The predicted octanol–water partition coefficient (Wildman–Crippen LogP) is 3.37. The van der Waals surface area contributed by atoms with Gasteiger partial charge in [-0.2, -0.15) is 0 Å². The number of aryl methyl sites for hydroxylation is 1. The number of hydrogen-bond acceptors (Lipinski definition) is 3. The molecule has 1 aromatic carbocycles. The molecule has 5 heteroatoms. The lowest BCUT2D eigenvalue weighted by Gasteiger charge is -2.26. The number of halogens is 1. The van der Waals surface area contributed by atoms with Crippen molar-refractivity contribution >= 4 is 33.3 Å². The van der Waals surface area contributed by atoms with Gasteiger partial charge in [0, 0.05) is 36.4 Å². The Hall–Kier alpha value is -1.88. The highest BCUT2D eigenvalue weighted by Crippen LogP contribution is 2.27. The summed E-state index contributed by atoms with van der Waals surface area (Å²) in [5.74, 6) is 1.03. The van der Waals surface area contributed by atoms with Gasteiger partial charge in [-0.1, -0.05) is 28.1 Å². The van der Waals surface area contributed by atoms with Crippen LogP contribution in [0.4, 0.5) is 11.5 Å². The van der Waals surface area contributed by atoms with Crippen LogP contribution in [0.15, 0.2) is 41.0 Å². The number of aromatic nitrogens is 1. The number of benzene rings is 1. The Balaban J connectivity index is 1.74. The van der Waals surface area contributed by atoms with Gasteiger partial charge in [-0.05, 0) is 35.7 Å². The molecule has 2 aromatic rings. The number of rotatable bonds is 3. The van der Waals surface area contributed by atoms with Gasteiger partial charge in [0.15, 0.2) is 0 Å². The Morgan fingerprint density at radius 3 is 2.95 bits per heavy atom. The van der Waals surface area contributed by atoms with Crippen LogP contribution in [0.3, 0.4) is 0 Å². The summed E-state index contributed by atoms with van der Waals surface area (Å²) in [6.07, 6.45) is 3.18. The largest absolute Gasteiger partial charge is 0.366 e. The maximum atomic E-state index is 11.7. The second kappa shape index (κ2) is 5.85. The van der Waals surface area contributed by atoms with E-state index in [9.17, 15) is 4.79 Å². The molecule has 0 saturated carbocycles. The summed E-state index contributed by atoms with van der Waals surface area (Å²) in [4.78, 5) is 17.7. The van der Waals surface area contributed by atoms with Crippen LogP contribution < -0.4 is 10.2 Å². The molecule has 0 atom stereocenters. The van der Waals surface area contributed by atoms with Gasteiger partial charge >= 0.3 is 0 Å². The number of anilines is 2. The van der Waals surface area contributed by atoms with Gasteiger partial charge in [-0.25, -0.2) is 4.98 Å². The molecule has 1 aromatic heterocycles. The van der Waals surface area contributed by atoms with Gasteiger partial charge in [0.2, 0.25) is 5.91 Å². The average molecular weight is 346 g/mol. The number of carbonyl (C=O) groups is 1. The molecule has 1 aliphatic rings. The summed E-state index contributed by atoms with van der Waals surface area (Å²) in [7, 11) is 1.84.